The molecule has 3 rings (SSSR count). The molecule has 3 aromatic rings. The van der Waals surface area contributed by atoms with Crippen molar-refractivity contribution >= 4 is 43.3 Å². The molecule has 0 spiro atoms. The van der Waals surface area contributed by atoms with Gasteiger partial charge in [-0.1, -0.05) is 15.9 Å². The van der Waals surface area contributed by atoms with Crippen LogP contribution < -0.4 is 19.2 Å². The Morgan fingerprint density at radius 3 is 1.94 bits per heavy atom. The highest BCUT2D eigenvalue weighted by atomic mass is 79.9. The standard InChI is InChI=1S/C26H28BrN3O5S/c1-4-34-23-12-6-20(7-13-23)19(3)28-29-26(31)18-30(22-10-14-24(15-11-22)35-5-2)36(32,33)25-16-8-21(27)9-17-25/h6-17H,4-5,18H2,1-3H3,(H,29,31)/b28-19-. The average molecular weight is 574 g/mol. The predicted octanol–water partition coefficient (Wildman–Crippen LogP) is 4.98. The predicted molar refractivity (Wildman–Crippen MR) is 144 cm³/mol. The number of hydrogen-bond donors (Lipinski definition) is 1. The zero-order valence-corrected chi connectivity index (χ0v) is 22.7. The smallest absolute Gasteiger partial charge is 0.264 e. The largest absolute Gasteiger partial charge is 0.494 e. The van der Waals surface area contributed by atoms with Gasteiger partial charge in [0.1, 0.15) is 18.0 Å². The minimum absolute atomic E-state index is 0.0569. The van der Waals surface area contributed by atoms with Gasteiger partial charge in [-0.2, -0.15) is 5.10 Å². The summed E-state index contributed by atoms with van der Waals surface area (Å²) in [7, 11) is -4.04. The Hall–Kier alpha value is -3.37. The fourth-order valence-electron chi connectivity index (χ4n) is 3.26. The second-order valence-electron chi connectivity index (χ2n) is 7.58. The van der Waals surface area contributed by atoms with Gasteiger partial charge in [0.15, 0.2) is 0 Å². The normalized spacial score (nSPS) is 11.6. The van der Waals surface area contributed by atoms with Crippen LogP contribution in [-0.2, 0) is 14.8 Å². The van der Waals surface area contributed by atoms with Crippen LogP contribution in [0.15, 0.2) is 87.3 Å². The maximum absolute atomic E-state index is 13.5. The van der Waals surface area contributed by atoms with E-state index in [-0.39, 0.29) is 4.90 Å². The highest BCUT2D eigenvalue weighted by Crippen LogP contribution is 2.26. The first-order chi connectivity index (χ1) is 17.2. The van der Waals surface area contributed by atoms with Crippen molar-refractivity contribution in [1.29, 1.82) is 0 Å². The molecule has 190 valence electrons. The van der Waals surface area contributed by atoms with Crippen molar-refractivity contribution in [2.24, 2.45) is 5.10 Å². The van der Waals surface area contributed by atoms with Crippen molar-refractivity contribution in [2.75, 3.05) is 24.1 Å². The van der Waals surface area contributed by atoms with E-state index in [2.05, 4.69) is 26.5 Å². The Morgan fingerprint density at radius 1 is 0.889 bits per heavy atom. The number of halogens is 1. The van der Waals surface area contributed by atoms with Gasteiger partial charge < -0.3 is 9.47 Å². The monoisotopic (exact) mass is 573 g/mol. The molecular weight excluding hydrogens is 546 g/mol. The van der Waals surface area contributed by atoms with Gasteiger partial charge in [-0.15, -0.1) is 0 Å². The number of benzene rings is 3. The van der Waals surface area contributed by atoms with Crippen LogP contribution in [0.3, 0.4) is 0 Å². The number of carbonyl (C=O) groups excluding carboxylic acids is 1. The van der Waals surface area contributed by atoms with E-state index in [1.54, 1.807) is 43.3 Å². The number of nitrogens with one attached hydrogen (secondary N) is 1. The van der Waals surface area contributed by atoms with Gasteiger partial charge in [0.25, 0.3) is 15.9 Å². The topological polar surface area (TPSA) is 97.3 Å². The molecule has 10 heteroatoms. The molecule has 0 saturated heterocycles. The molecule has 1 amide bonds. The van der Waals surface area contributed by atoms with Crippen molar-refractivity contribution in [3.8, 4) is 11.5 Å². The Labute approximate surface area is 220 Å². The molecule has 0 aliphatic carbocycles. The first-order valence-corrected chi connectivity index (χ1v) is 13.6. The first-order valence-electron chi connectivity index (χ1n) is 11.3. The van der Waals surface area contributed by atoms with Crippen LogP contribution in [0.4, 0.5) is 5.69 Å². The number of nitrogens with zero attached hydrogens (tertiary/aromatic N) is 2. The summed E-state index contributed by atoms with van der Waals surface area (Å²) in [6.45, 7) is 6.10. The molecule has 0 unspecified atom stereocenters. The Bertz CT molecular complexity index is 1290. The lowest BCUT2D eigenvalue weighted by Crippen LogP contribution is -2.39. The van der Waals surface area contributed by atoms with E-state index in [1.807, 2.05) is 38.1 Å². The average Bonchev–Trinajstić information content (AvgIpc) is 2.87. The lowest BCUT2D eigenvalue weighted by atomic mass is 10.1. The lowest BCUT2D eigenvalue weighted by Gasteiger charge is -2.24. The molecule has 0 aliphatic heterocycles. The molecule has 0 heterocycles. The van der Waals surface area contributed by atoms with Gasteiger partial charge in [-0.3, -0.25) is 9.10 Å². The van der Waals surface area contributed by atoms with Crippen LogP contribution >= 0.6 is 15.9 Å². The quantitative estimate of drug-likeness (QED) is 0.257. The maximum Gasteiger partial charge on any atom is 0.264 e. The van der Waals surface area contributed by atoms with Gasteiger partial charge in [0.2, 0.25) is 0 Å². The lowest BCUT2D eigenvalue weighted by molar-refractivity contribution is -0.119. The summed E-state index contributed by atoms with van der Waals surface area (Å²) >= 11 is 3.31. The van der Waals surface area contributed by atoms with Crippen LogP contribution in [-0.4, -0.2) is 39.8 Å². The second-order valence-corrected chi connectivity index (χ2v) is 10.4. The molecule has 8 nitrogen and oxygen atoms in total. The fourth-order valence-corrected chi connectivity index (χ4v) is 4.95. The van der Waals surface area contributed by atoms with Gasteiger partial charge in [0.05, 0.1) is 29.5 Å². The molecule has 0 bridgehead atoms. The van der Waals surface area contributed by atoms with Crippen molar-refractivity contribution < 1.29 is 22.7 Å². The van der Waals surface area contributed by atoms with Crippen LogP contribution in [0.2, 0.25) is 0 Å². The number of ether oxygens (including phenoxy) is 2. The number of anilines is 1. The Kier molecular flexibility index (Phi) is 9.49. The van der Waals surface area contributed by atoms with Crippen LogP contribution in [0.1, 0.15) is 26.3 Å². The zero-order chi connectivity index (χ0) is 26.1. The number of amides is 1. The van der Waals surface area contributed by atoms with Gasteiger partial charge >= 0.3 is 0 Å². The maximum atomic E-state index is 13.5. The molecule has 0 aromatic heterocycles. The molecule has 0 radical (unpaired) electrons. The molecule has 0 aliphatic rings. The van der Waals surface area contributed by atoms with Gasteiger partial charge in [-0.25, -0.2) is 13.8 Å². The van der Waals surface area contributed by atoms with Crippen LogP contribution in [0.25, 0.3) is 0 Å². The Morgan fingerprint density at radius 2 is 1.42 bits per heavy atom. The molecule has 36 heavy (non-hydrogen) atoms. The van der Waals surface area contributed by atoms with E-state index in [0.717, 1.165) is 20.1 Å². The van der Waals surface area contributed by atoms with E-state index in [9.17, 15) is 13.2 Å². The number of rotatable bonds is 11. The third-order valence-electron chi connectivity index (χ3n) is 5.06. The van der Waals surface area contributed by atoms with E-state index >= 15 is 0 Å². The Balaban J connectivity index is 1.83. The zero-order valence-electron chi connectivity index (χ0n) is 20.3. The number of carbonyl (C=O) groups is 1. The number of hydrogen-bond acceptors (Lipinski definition) is 6. The summed E-state index contributed by atoms with van der Waals surface area (Å²) in [5, 5.41) is 4.15. The minimum Gasteiger partial charge on any atom is -0.494 e. The number of sulfonamides is 1. The summed E-state index contributed by atoms with van der Waals surface area (Å²) in [4.78, 5) is 12.9. The second kappa shape index (κ2) is 12.5. The highest BCUT2D eigenvalue weighted by Gasteiger charge is 2.27. The first kappa shape index (κ1) is 27.2. The van der Waals surface area contributed by atoms with Crippen molar-refractivity contribution in [3.05, 3.63) is 82.8 Å². The summed E-state index contributed by atoms with van der Waals surface area (Å²) in [6.07, 6.45) is 0. The van der Waals surface area contributed by atoms with E-state index in [1.165, 1.54) is 12.1 Å². The summed E-state index contributed by atoms with van der Waals surface area (Å²) in [5.74, 6) is 0.749. The highest BCUT2D eigenvalue weighted by molar-refractivity contribution is 9.10. The molecule has 0 saturated carbocycles. The van der Waals surface area contributed by atoms with Crippen LogP contribution in [0, 0.1) is 0 Å². The fraction of sp³-hybridized carbons (Fsp3) is 0.231. The molecule has 0 atom stereocenters. The van der Waals surface area contributed by atoms with Crippen LogP contribution in [0.5, 0.6) is 11.5 Å². The van der Waals surface area contributed by atoms with Crippen molar-refractivity contribution in [3.63, 3.8) is 0 Å². The van der Waals surface area contributed by atoms with Crippen molar-refractivity contribution in [2.45, 2.75) is 25.7 Å². The molecule has 3 aromatic carbocycles. The molecular formula is C26H28BrN3O5S. The summed E-state index contributed by atoms with van der Waals surface area (Å²) in [6, 6.07) is 20.1. The summed E-state index contributed by atoms with van der Waals surface area (Å²) in [5.41, 5.74) is 4.15. The third kappa shape index (κ3) is 7.08. The third-order valence-corrected chi connectivity index (χ3v) is 7.37. The van der Waals surface area contributed by atoms with Crippen molar-refractivity contribution in [1.82, 2.24) is 5.43 Å². The minimum atomic E-state index is -4.04. The SMILES string of the molecule is CCOc1ccc(/C(C)=N\NC(=O)CN(c2ccc(OCC)cc2)S(=O)(=O)c2ccc(Br)cc2)cc1. The number of hydrazone groups is 1. The van der Waals surface area contributed by atoms with E-state index in [4.69, 9.17) is 9.47 Å². The van der Waals surface area contributed by atoms with E-state index in [0.29, 0.717) is 30.4 Å². The van der Waals surface area contributed by atoms with E-state index < -0.39 is 22.5 Å². The van der Waals surface area contributed by atoms with Gasteiger partial charge in [-0.05, 0) is 99.1 Å². The van der Waals surface area contributed by atoms with Gasteiger partial charge in [0, 0.05) is 4.47 Å². The summed E-state index contributed by atoms with van der Waals surface area (Å²) < 4.78 is 39.7. The molecule has 1 N–H and O–H groups in total. The molecule has 0 fully saturated rings.